The van der Waals surface area contributed by atoms with Gasteiger partial charge in [0.05, 0.1) is 32.1 Å². The van der Waals surface area contributed by atoms with Crippen molar-refractivity contribution in [3.8, 4) is 0 Å². The number of ketones is 2. The summed E-state index contributed by atoms with van der Waals surface area (Å²) in [5, 5.41) is 3.82. The van der Waals surface area contributed by atoms with Crippen molar-refractivity contribution >= 4 is 92.9 Å². The Bertz CT molecular complexity index is 2550. The number of alkyl halides is 2. The lowest BCUT2D eigenvalue weighted by Crippen LogP contribution is -2.76. The molecular formula is C50H53Cl5F4N4O8. The van der Waals surface area contributed by atoms with Gasteiger partial charge in [0.2, 0.25) is 11.1 Å². The average Bonchev–Trinajstić information content (AvgIpc) is 3.24. The van der Waals surface area contributed by atoms with E-state index in [2.05, 4.69) is 5.32 Å². The summed E-state index contributed by atoms with van der Waals surface area (Å²) < 4.78 is 65.8. The van der Waals surface area contributed by atoms with Gasteiger partial charge in [0.15, 0.2) is 11.6 Å². The van der Waals surface area contributed by atoms with Gasteiger partial charge in [-0.1, -0.05) is 59.6 Å². The third-order valence-electron chi connectivity index (χ3n) is 10.8. The van der Waals surface area contributed by atoms with Crippen LogP contribution in [0.5, 0.6) is 0 Å². The van der Waals surface area contributed by atoms with Crippen LogP contribution in [-0.2, 0) is 54.6 Å². The van der Waals surface area contributed by atoms with Crippen LogP contribution in [0.2, 0.25) is 10.0 Å². The number of carbonyl (C=O) groups is 6. The van der Waals surface area contributed by atoms with E-state index in [1.807, 2.05) is 12.1 Å². The van der Waals surface area contributed by atoms with Crippen LogP contribution in [0.3, 0.4) is 0 Å². The maximum atomic E-state index is 14.3. The number of likely N-dealkylation sites (tertiary alicyclic amines) is 2. The Morgan fingerprint density at radius 3 is 1.42 bits per heavy atom. The van der Waals surface area contributed by atoms with E-state index in [0.29, 0.717) is 28.2 Å². The smallest absolute Gasteiger partial charge is 0.410 e. The fourth-order valence-electron chi connectivity index (χ4n) is 7.19. The predicted octanol–water partition coefficient (Wildman–Crippen LogP) is 10.5. The number of nitrogens with zero attached hydrogens (tertiary/aromatic N) is 3. The highest BCUT2D eigenvalue weighted by atomic mass is 35.5. The summed E-state index contributed by atoms with van der Waals surface area (Å²) in [5.41, 5.74) is -2.27. The Balaban J connectivity index is 0.000000283. The second kappa shape index (κ2) is 25.1. The summed E-state index contributed by atoms with van der Waals surface area (Å²) in [5.74, 6) is -4.94. The SMILES string of the molecule is CC(C)(C)OC(=O)N1CC(C(=O)Cc2ccc(F)cc2F)(N(Cc2ccc(Cl)cc2)C(=O)CCl)C1.CC(C)(C)OC(=O)N1CC(NCc2ccc(Cl)cc2)(C(=O)Cc2ccc(F)cc2F)C1.O=C(Cl)CCl. The molecule has 1 N–H and O–H groups in total. The zero-order valence-electron chi connectivity index (χ0n) is 39.7. The normalized spacial score (nSPS) is 14.5. The molecule has 3 amide bonds. The zero-order valence-corrected chi connectivity index (χ0v) is 43.4. The van der Waals surface area contributed by atoms with Crippen LogP contribution in [0, 0.1) is 23.3 Å². The van der Waals surface area contributed by atoms with Crippen molar-refractivity contribution < 1.29 is 55.8 Å². The first-order valence-electron chi connectivity index (χ1n) is 21.8. The first-order chi connectivity index (χ1) is 33.1. The molecule has 4 aromatic rings. The highest BCUT2D eigenvalue weighted by molar-refractivity contribution is 6.67. The second-order valence-corrected chi connectivity index (χ2v) is 20.5. The number of amides is 3. The Kier molecular flexibility index (Phi) is 20.7. The molecule has 12 nitrogen and oxygen atoms in total. The van der Waals surface area contributed by atoms with Crippen molar-refractivity contribution in [2.24, 2.45) is 0 Å². The van der Waals surface area contributed by atoms with Crippen molar-refractivity contribution in [1.82, 2.24) is 20.0 Å². The first kappa shape index (κ1) is 58.6. The van der Waals surface area contributed by atoms with E-state index in [-0.39, 0.29) is 61.9 Å². The van der Waals surface area contributed by atoms with Crippen LogP contribution < -0.4 is 5.32 Å². The number of Topliss-reactive ketones (excluding diaryl/α,β-unsaturated/α-hetero) is 2. The number of ether oxygens (including phenoxy) is 2. The summed E-state index contributed by atoms with van der Waals surface area (Å²) in [4.78, 5) is 78.2. The lowest BCUT2D eigenvalue weighted by atomic mass is 9.80. The molecule has 0 aromatic heterocycles. The predicted molar refractivity (Wildman–Crippen MR) is 264 cm³/mol. The van der Waals surface area contributed by atoms with E-state index in [1.54, 1.807) is 77.9 Å². The Labute approximate surface area is 434 Å². The molecule has 0 spiro atoms. The van der Waals surface area contributed by atoms with Crippen molar-refractivity contribution in [3.05, 3.63) is 140 Å². The van der Waals surface area contributed by atoms with Gasteiger partial charge < -0.3 is 24.2 Å². The van der Waals surface area contributed by atoms with E-state index >= 15 is 0 Å². The third kappa shape index (κ3) is 17.1. The fourth-order valence-corrected chi connectivity index (χ4v) is 7.59. The standard InChI is InChI=1S/C25H26Cl2F2N2O4.C23H25ClF2N2O3.C2H2Cl2O/c1-24(2,3)35-23(34)30-14-25(15-30,21(32)10-17-6-9-19(28)11-20(17)29)31(22(33)12-26)13-16-4-7-18(27)8-5-16;1-22(2,3)31-21(30)28-13-23(14-28,27-12-15-4-7-17(24)8-5-15)20(29)10-16-6-9-18(25)11-19(16)26;3-1-2(4)5/h4-9,11H,10,12-15H2,1-3H3;4-9,11,27H,10,12-14H2,1-3H3;1H2. The highest BCUT2D eigenvalue weighted by Crippen LogP contribution is 2.35. The van der Waals surface area contributed by atoms with E-state index in [0.717, 1.165) is 23.8 Å². The van der Waals surface area contributed by atoms with Gasteiger partial charge in [0.25, 0.3) is 0 Å². The largest absolute Gasteiger partial charge is 0.444 e. The van der Waals surface area contributed by atoms with Crippen LogP contribution in [0.4, 0.5) is 27.2 Å². The number of halogens is 9. The molecule has 2 saturated heterocycles. The maximum absolute atomic E-state index is 14.3. The van der Waals surface area contributed by atoms with Gasteiger partial charge in [0.1, 0.15) is 51.4 Å². The first-order valence-corrected chi connectivity index (χ1v) is 24.0. The van der Waals surface area contributed by atoms with E-state index in [4.69, 9.17) is 67.5 Å². The molecule has 21 heteroatoms. The van der Waals surface area contributed by atoms with Crippen LogP contribution in [0.25, 0.3) is 0 Å². The molecule has 0 aliphatic carbocycles. The molecule has 0 atom stereocenters. The van der Waals surface area contributed by atoms with Gasteiger partial charge in [-0.2, -0.15) is 0 Å². The minimum absolute atomic E-state index is 0.0164. The van der Waals surface area contributed by atoms with Crippen molar-refractivity contribution in [1.29, 1.82) is 0 Å². The molecular weight excluding hydrogens is 1040 g/mol. The summed E-state index contributed by atoms with van der Waals surface area (Å²) in [7, 11) is 0. The summed E-state index contributed by atoms with van der Waals surface area (Å²) in [6.07, 6.45) is -1.78. The topological polar surface area (TPSA) is 143 Å². The minimum Gasteiger partial charge on any atom is -0.444 e. The number of benzene rings is 4. The molecule has 2 aliphatic rings. The summed E-state index contributed by atoms with van der Waals surface area (Å²) >= 11 is 27.3. The molecule has 0 saturated carbocycles. The lowest BCUT2D eigenvalue weighted by molar-refractivity contribution is -0.157. The number of nitrogens with one attached hydrogen (secondary N) is 1. The lowest BCUT2D eigenvalue weighted by Gasteiger charge is -2.54. The number of rotatable bonds is 14. The molecule has 6 rings (SSSR count). The van der Waals surface area contributed by atoms with Gasteiger partial charge in [-0.25, -0.2) is 27.2 Å². The van der Waals surface area contributed by atoms with Gasteiger partial charge >= 0.3 is 12.2 Å². The van der Waals surface area contributed by atoms with Crippen molar-refractivity contribution in [2.75, 3.05) is 37.9 Å². The Hall–Kier alpha value is -4.97. The van der Waals surface area contributed by atoms with E-state index in [1.165, 1.54) is 26.8 Å². The van der Waals surface area contributed by atoms with E-state index in [9.17, 15) is 46.3 Å². The van der Waals surface area contributed by atoms with Crippen LogP contribution in [0.1, 0.15) is 63.8 Å². The molecule has 0 bridgehead atoms. The van der Waals surface area contributed by atoms with Crippen molar-refractivity contribution in [3.63, 3.8) is 0 Å². The van der Waals surface area contributed by atoms with Gasteiger partial charge in [-0.3, -0.25) is 24.5 Å². The van der Waals surface area contributed by atoms with E-state index < -0.39 is 87.0 Å². The quantitative estimate of drug-likeness (QED) is 0.0742. The Morgan fingerprint density at radius 2 is 1.03 bits per heavy atom. The molecule has 0 radical (unpaired) electrons. The highest BCUT2D eigenvalue weighted by Gasteiger charge is 2.57. The summed E-state index contributed by atoms with van der Waals surface area (Å²) in [6, 6.07) is 19.9. The van der Waals surface area contributed by atoms with Crippen LogP contribution in [0.15, 0.2) is 84.9 Å². The van der Waals surface area contributed by atoms with Gasteiger partial charge in [-0.05, 0) is 112 Å². The van der Waals surface area contributed by atoms with Crippen LogP contribution in [-0.4, -0.2) is 110 Å². The molecule has 2 heterocycles. The monoisotopic (exact) mass is 1090 g/mol. The number of hydrogen-bond acceptors (Lipinski definition) is 9. The molecule has 0 unspecified atom stereocenters. The second-order valence-electron chi connectivity index (χ2n) is 18.7. The van der Waals surface area contributed by atoms with Crippen molar-refractivity contribution in [2.45, 2.75) is 89.8 Å². The molecule has 4 aromatic carbocycles. The molecule has 71 heavy (non-hydrogen) atoms. The van der Waals surface area contributed by atoms with Gasteiger partial charge in [0, 0.05) is 48.1 Å². The maximum Gasteiger partial charge on any atom is 0.410 e. The molecule has 2 aliphatic heterocycles. The van der Waals surface area contributed by atoms with Gasteiger partial charge in [-0.15, -0.1) is 23.2 Å². The molecule has 384 valence electrons. The third-order valence-corrected chi connectivity index (χ3v) is 12.0. The number of hydrogen-bond donors (Lipinski definition) is 1. The number of carbonyl (C=O) groups excluding carboxylic acids is 6. The molecule has 2 fully saturated rings. The van der Waals surface area contributed by atoms with Crippen LogP contribution >= 0.6 is 58.0 Å². The fraction of sp³-hybridized carbons (Fsp3) is 0.400. The Morgan fingerprint density at radius 1 is 0.620 bits per heavy atom. The summed E-state index contributed by atoms with van der Waals surface area (Å²) in [6.45, 7) is 10.7. The zero-order chi connectivity index (χ0) is 53.1. The average molecular weight is 1090 g/mol. The minimum atomic E-state index is -1.47.